The fourth-order valence-electron chi connectivity index (χ4n) is 1.70. The molecule has 0 bridgehead atoms. The maximum absolute atomic E-state index is 11.7. The quantitative estimate of drug-likeness (QED) is 0.645. The van der Waals surface area contributed by atoms with Crippen molar-refractivity contribution in [3.8, 4) is 0 Å². The lowest BCUT2D eigenvalue weighted by atomic mass is 10.3. The molecule has 0 aromatic rings. The zero-order valence-electron chi connectivity index (χ0n) is 10.4. The van der Waals surface area contributed by atoms with E-state index in [9.17, 15) is 8.42 Å². The van der Waals surface area contributed by atoms with Crippen molar-refractivity contribution in [3.63, 3.8) is 0 Å². The molecule has 17 heavy (non-hydrogen) atoms. The Bertz CT molecular complexity index is 314. The second-order valence-corrected chi connectivity index (χ2v) is 6.60. The van der Waals surface area contributed by atoms with E-state index in [0.29, 0.717) is 19.8 Å². The lowest BCUT2D eigenvalue weighted by molar-refractivity contribution is 0.0354. The largest absolute Gasteiger partial charge is 0.395 e. The molecule has 1 aliphatic heterocycles. The fraction of sp³-hybridized carbons (Fsp3) is 1.00. The molecule has 1 aliphatic rings. The maximum Gasteiger partial charge on any atom is 0.216 e. The van der Waals surface area contributed by atoms with Crippen LogP contribution in [0.15, 0.2) is 0 Å². The SMILES string of the molecule is CC(CN1CCOCC1)NS(=O)(=O)C(C)CO. The van der Waals surface area contributed by atoms with E-state index in [1.165, 1.54) is 6.92 Å². The van der Waals surface area contributed by atoms with Gasteiger partial charge in [-0.3, -0.25) is 4.90 Å². The summed E-state index contributed by atoms with van der Waals surface area (Å²) in [5, 5.41) is 8.09. The van der Waals surface area contributed by atoms with Crippen molar-refractivity contribution in [2.24, 2.45) is 0 Å². The van der Waals surface area contributed by atoms with Crippen LogP contribution in [-0.2, 0) is 14.8 Å². The highest BCUT2D eigenvalue weighted by Crippen LogP contribution is 2.02. The van der Waals surface area contributed by atoms with Crippen LogP contribution in [0.2, 0.25) is 0 Å². The van der Waals surface area contributed by atoms with Crippen molar-refractivity contribution >= 4 is 10.0 Å². The van der Waals surface area contributed by atoms with Gasteiger partial charge in [0.1, 0.15) is 0 Å². The fourth-order valence-corrected chi connectivity index (χ4v) is 2.77. The zero-order valence-corrected chi connectivity index (χ0v) is 11.2. The van der Waals surface area contributed by atoms with Crippen LogP contribution in [0.4, 0.5) is 0 Å². The number of aliphatic hydroxyl groups is 1. The Hall–Kier alpha value is -0.210. The summed E-state index contributed by atoms with van der Waals surface area (Å²) < 4.78 is 31.2. The van der Waals surface area contributed by atoms with Gasteiger partial charge in [-0.25, -0.2) is 13.1 Å². The number of hydrogen-bond donors (Lipinski definition) is 2. The Balaban J connectivity index is 2.40. The predicted molar refractivity (Wildman–Crippen MR) is 65.3 cm³/mol. The molecule has 2 unspecified atom stereocenters. The van der Waals surface area contributed by atoms with Crippen LogP contribution in [0, 0.1) is 0 Å². The summed E-state index contributed by atoms with van der Waals surface area (Å²) in [5.41, 5.74) is 0. The zero-order chi connectivity index (χ0) is 12.9. The van der Waals surface area contributed by atoms with Crippen LogP contribution in [0.3, 0.4) is 0 Å². The molecule has 102 valence electrons. The third-order valence-electron chi connectivity index (χ3n) is 2.79. The van der Waals surface area contributed by atoms with Gasteiger partial charge >= 0.3 is 0 Å². The lowest BCUT2D eigenvalue weighted by Gasteiger charge is -2.29. The highest BCUT2D eigenvalue weighted by atomic mass is 32.2. The smallest absolute Gasteiger partial charge is 0.216 e. The normalized spacial score (nSPS) is 22.3. The van der Waals surface area contributed by atoms with Gasteiger partial charge in [-0.2, -0.15) is 0 Å². The van der Waals surface area contributed by atoms with E-state index in [0.717, 1.165) is 13.1 Å². The van der Waals surface area contributed by atoms with E-state index in [-0.39, 0.29) is 12.6 Å². The molecule has 0 amide bonds. The molecular formula is C10H22N2O4S. The van der Waals surface area contributed by atoms with Gasteiger partial charge in [0.05, 0.1) is 25.1 Å². The molecule has 1 rings (SSSR count). The van der Waals surface area contributed by atoms with Crippen LogP contribution in [0.1, 0.15) is 13.8 Å². The van der Waals surface area contributed by atoms with Gasteiger partial charge in [-0.1, -0.05) is 0 Å². The second kappa shape index (κ2) is 6.65. The molecule has 0 aliphatic carbocycles. The number of nitrogens with one attached hydrogen (secondary N) is 1. The molecule has 1 fully saturated rings. The first-order valence-electron chi connectivity index (χ1n) is 5.88. The van der Waals surface area contributed by atoms with Gasteiger partial charge in [0.25, 0.3) is 0 Å². The lowest BCUT2D eigenvalue weighted by Crippen LogP contribution is -2.48. The van der Waals surface area contributed by atoms with E-state index in [2.05, 4.69) is 9.62 Å². The van der Waals surface area contributed by atoms with E-state index >= 15 is 0 Å². The average molecular weight is 266 g/mol. The van der Waals surface area contributed by atoms with Crippen molar-refractivity contribution < 1.29 is 18.3 Å². The Morgan fingerprint density at radius 3 is 2.47 bits per heavy atom. The Labute approximate surface area is 103 Å². The number of rotatable bonds is 6. The summed E-state index contributed by atoms with van der Waals surface area (Å²) >= 11 is 0. The summed E-state index contributed by atoms with van der Waals surface area (Å²) in [5.74, 6) is 0. The molecule has 1 saturated heterocycles. The highest BCUT2D eigenvalue weighted by molar-refractivity contribution is 7.90. The molecule has 0 aromatic carbocycles. The minimum atomic E-state index is -3.42. The number of hydrogen-bond acceptors (Lipinski definition) is 5. The van der Waals surface area contributed by atoms with Crippen LogP contribution < -0.4 is 4.72 Å². The first-order chi connectivity index (χ1) is 7.95. The molecular weight excluding hydrogens is 244 g/mol. The third-order valence-corrected chi connectivity index (χ3v) is 4.73. The summed E-state index contributed by atoms with van der Waals surface area (Å²) in [6, 6.07) is -0.160. The summed E-state index contributed by atoms with van der Waals surface area (Å²) in [6.07, 6.45) is 0. The van der Waals surface area contributed by atoms with Crippen molar-refractivity contribution in [2.75, 3.05) is 39.5 Å². The average Bonchev–Trinajstić information content (AvgIpc) is 2.28. The van der Waals surface area contributed by atoms with E-state index in [4.69, 9.17) is 9.84 Å². The van der Waals surface area contributed by atoms with Crippen LogP contribution in [0.25, 0.3) is 0 Å². The van der Waals surface area contributed by atoms with E-state index in [1.807, 2.05) is 6.92 Å². The van der Waals surface area contributed by atoms with E-state index in [1.54, 1.807) is 0 Å². The highest BCUT2D eigenvalue weighted by Gasteiger charge is 2.23. The molecule has 2 atom stereocenters. The number of ether oxygens (including phenoxy) is 1. The molecule has 2 N–H and O–H groups in total. The third kappa shape index (κ3) is 4.89. The molecule has 7 heteroatoms. The number of sulfonamides is 1. The number of aliphatic hydroxyl groups excluding tert-OH is 1. The Kier molecular flexibility index (Phi) is 5.81. The summed E-state index contributed by atoms with van der Waals surface area (Å²) in [6.45, 7) is 6.70. The molecule has 0 saturated carbocycles. The van der Waals surface area contributed by atoms with Gasteiger partial charge in [-0.05, 0) is 13.8 Å². The Morgan fingerprint density at radius 2 is 1.94 bits per heavy atom. The van der Waals surface area contributed by atoms with Crippen LogP contribution in [-0.4, -0.2) is 69.2 Å². The molecule has 0 spiro atoms. The number of morpholine rings is 1. The van der Waals surface area contributed by atoms with Crippen molar-refractivity contribution in [2.45, 2.75) is 25.1 Å². The summed E-state index contributed by atoms with van der Waals surface area (Å²) in [4.78, 5) is 2.17. The van der Waals surface area contributed by atoms with Crippen LogP contribution in [0.5, 0.6) is 0 Å². The van der Waals surface area contributed by atoms with Gasteiger partial charge < -0.3 is 9.84 Å². The monoisotopic (exact) mass is 266 g/mol. The maximum atomic E-state index is 11.7. The van der Waals surface area contributed by atoms with Gasteiger partial charge in [0.2, 0.25) is 10.0 Å². The molecule has 1 heterocycles. The topological polar surface area (TPSA) is 78.9 Å². The van der Waals surface area contributed by atoms with Crippen LogP contribution >= 0.6 is 0 Å². The van der Waals surface area contributed by atoms with Gasteiger partial charge in [-0.15, -0.1) is 0 Å². The van der Waals surface area contributed by atoms with Crippen molar-refractivity contribution in [1.29, 1.82) is 0 Å². The van der Waals surface area contributed by atoms with E-state index < -0.39 is 15.3 Å². The van der Waals surface area contributed by atoms with Gasteiger partial charge in [0.15, 0.2) is 0 Å². The molecule has 0 aromatic heterocycles. The van der Waals surface area contributed by atoms with Gasteiger partial charge in [0, 0.05) is 25.7 Å². The minimum absolute atomic E-state index is 0.160. The molecule has 6 nitrogen and oxygen atoms in total. The van der Waals surface area contributed by atoms with Crippen molar-refractivity contribution in [3.05, 3.63) is 0 Å². The first-order valence-corrected chi connectivity index (χ1v) is 7.42. The minimum Gasteiger partial charge on any atom is -0.395 e. The molecule has 0 radical (unpaired) electrons. The Morgan fingerprint density at radius 1 is 1.35 bits per heavy atom. The number of nitrogens with zero attached hydrogens (tertiary/aromatic N) is 1. The summed E-state index contributed by atoms with van der Waals surface area (Å²) in [7, 11) is -3.42. The van der Waals surface area contributed by atoms with Crippen molar-refractivity contribution in [1.82, 2.24) is 9.62 Å². The standard InChI is InChI=1S/C10H22N2O4S/c1-9(7-12-3-5-16-6-4-12)11-17(14,15)10(2)8-13/h9-11,13H,3-8H2,1-2H3. The second-order valence-electron chi connectivity index (χ2n) is 4.47. The predicted octanol–water partition coefficient (Wildman–Crippen LogP) is -0.993. The first kappa shape index (κ1) is 14.8.